The van der Waals surface area contributed by atoms with Crippen molar-refractivity contribution in [3.05, 3.63) is 42.5 Å². The number of rotatable bonds is 3. The van der Waals surface area contributed by atoms with Crippen molar-refractivity contribution in [2.75, 3.05) is 18.5 Å². The molecule has 0 N–H and O–H groups in total. The van der Waals surface area contributed by atoms with Crippen LogP contribution in [0.4, 0.5) is 5.69 Å². The Labute approximate surface area is 136 Å². The first-order chi connectivity index (χ1) is 11.0. The quantitative estimate of drug-likeness (QED) is 0.874. The van der Waals surface area contributed by atoms with Crippen LogP contribution in [0.25, 0.3) is 10.8 Å². The minimum atomic E-state index is -0.256. The lowest BCUT2D eigenvalue weighted by molar-refractivity contribution is -0.135. The van der Waals surface area contributed by atoms with Gasteiger partial charge in [-0.2, -0.15) is 0 Å². The summed E-state index contributed by atoms with van der Waals surface area (Å²) in [5.41, 5.74) is 0.899. The van der Waals surface area contributed by atoms with Gasteiger partial charge in [0.1, 0.15) is 0 Å². The van der Waals surface area contributed by atoms with Crippen molar-refractivity contribution in [1.82, 2.24) is 4.90 Å². The maximum Gasteiger partial charge on any atom is 0.227 e. The maximum atomic E-state index is 12.5. The summed E-state index contributed by atoms with van der Waals surface area (Å²) in [4.78, 5) is 28.5. The molecule has 2 amide bonds. The summed E-state index contributed by atoms with van der Waals surface area (Å²) in [6.07, 6.45) is 0.291. The zero-order chi connectivity index (χ0) is 16.6. The van der Waals surface area contributed by atoms with Gasteiger partial charge in [-0.1, -0.05) is 36.4 Å². The molecule has 4 nitrogen and oxygen atoms in total. The van der Waals surface area contributed by atoms with Gasteiger partial charge < -0.3 is 9.80 Å². The van der Waals surface area contributed by atoms with E-state index in [-0.39, 0.29) is 23.8 Å². The molecule has 1 aliphatic rings. The summed E-state index contributed by atoms with van der Waals surface area (Å²) in [5, 5.41) is 2.15. The number of amides is 2. The van der Waals surface area contributed by atoms with Crippen LogP contribution in [0.3, 0.4) is 0 Å². The van der Waals surface area contributed by atoms with E-state index in [1.54, 1.807) is 16.8 Å². The van der Waals surface area contributed by atoms with E-state index in [4.69, 9.17) is 0 Å². The van der Waals surface area contributed by atoms with E-state index >= 15 is 0 Å². The first-order valence-corrected chi connectivity index (χ1v) is 8.04. The summed E-state index contributed by atoms with van der Waals surface area (Å²) in [7, 11) is 1.80. The molecule has 0 spiro atoms. The van der Waals surface area contributed by atoms with Gasteiger partial charge in [0.15, 0.2) is 0 Å². The first kappa shape index (κ1) is 15.5. The van der Waals surface area contributed by atoms with E-state index < -0.39 is 0 Å². The molecule has 23 heavy (non-hydrogen) atoms. The number of nitrogens with zero attached hydrogens (tertiary/aromatic N) is 2. The van der Waals surface area contributed by atoms with Crippen LogP contribution in [0.1, 0.15) is 20.3 Å². The molecular weight excluding hydrogens is 288 g/mol. The van der Waals surface area contributed by atoms with Crippen molar-refractivity contribution in [2.45, 2.75) is 26.3 Å². The van der Waals surface area contributed by atoms with Gasteiger partial charge in [-0.15, -0.1) is 0 Å². The van der Waals surface area contributed by atoms with Crippen LogP contribution in [0.2, 0.25) is 0 Å². The van der Waals surface area contributed by atoms with E-state index in [9.17, 15) is 9.59 Å². The van der Waals surface area contributed by atoms with Crippen molar-refractivity contribution in [3.63, 3.8) is 0 Å². The van der Waals surface area contributed by atoms with Crippen molar-refractivity contribution < 1.29 is 9.59 Å². The van der Waals surface area contributed by atoms with Crippen LogP contribution in [-0.4, -0.2) is 36.3 Å². The van der Waals surface area contributed by atoms with Crippen LogP contribution in [0.5, 0.6) is 0 Å². The Morgan fingerprint density at radius 1 is 1.17 bits per heavy atom. The highest BCUT2D eigenvalue weighted by atomic mass is 16.2. The van der Waals surface area contributed by atoms with Crippen LogP contribution in [-0.2, 0) is 9.59 Å². The molecule has 4 heteroatoms. The fourth-order valence-electron chi connectivity index (χ4n) is 3.09. The van der Waals surface area contributed by atoms with Gasteiger partial charge in [0.25, 0.3) is 0 Å². The molecule has 2 aromatic rings. The Bertz CT molecular complexity index is 749. The summed E-state index contributed by atoms with van der Waals surface area (Å²) in [6, 6.07) is 14.1. The van der Waals surface area contributed by atoms with Crippen LogP contribution < -0.4 is 4.90 Å². The number of fused-ring (bicyclic) bond motifs is 1. The molecule has 1 atom stereocenters. The molecule has 0 saturated carbocycles. The van der Waals surface area contributed by atoms with Gasteiger partial charge in [-0.3, -0.25) is 9.59 Å². The third-order valence-electron chi connectivity index (χ3n) is 4.65. The van der Waals surface area contributed by atoms with Gasteiger partial charge in [0.05, 0.1) is 11.6 Å². The lowest BCUT2D eigenvalue weighted by Gasteiger charge is -2.25. The topological polar surface area (TPSA) is 40.6 Å². The zero-order valence-electron chi connectivity index (χ0n) is 13.8. The highest BCUT2D eigenvalue weighted by Gasteiger charge is 2.37. The Morgan fingerprint density at radius 3 is 2.61 bits per heavy atom. The predicted octanol–water partition coefficient (Wildman–Crippen LogP) is 3.06. The van der Waals surface area contributed by atoms with E-state index in [1.807, 2.05) is 56.3 Å². The molecular formula is C19H22N2O2. The van der Waals surface area contributed by atoms with E-state index in [2.05, 4.69) is 0 Å². The second-order valence-corrected chi connectivity index (χ2v) is 6.45. The summed E-state index contributed by atoms with van der Waals surface area (Å²) < 4.78 is 0. The summed E-state index contributed by atoms with van der Waals surface area (Å²) in [6.45, 7) is 4.43. The third kappa shape index (κ3) is 2.81. The number of hydrogen-bond acceptors (Lipinski definition) is 2. The molecule has 120 valence electrons. The van der Waals surface area contributed by atoms with Crippen molar-refractivity contribution in [2.24, 2.45) is 5.92 Å². The number of carbonyl (C=O) groups excluding carboxylic acids is 2. The number of carbonyl (C=O) groups is 2. The largest absolute Gasteiger partial charge is 0.343 e. The molecule has 0 bridgehead atoms. The van der Waals surface area contributed by atoms with E-state index in [1.165, 1.54) is 0 Å². The van der Waals surface area contributed by atoms with Gasteiger partial charge in [-0.05, 0) is 25.3 Å². The first-order valence-electron chi connectivity index (χ1n) is 8.04. The van der Waals surface area contributed by atoms with Crippen LogP contribution in [0, 0.1) is 5.92 Å². The Hall–Kier alpha value is -2.36. The molecule has 1 saturated heterocycles. The molecule has 0 aliphatic carbocycles. The molecule has 1 heterocycles. The Morgan fingerprint density at radius 2 is 1.87 bits per heavy atom. The van der Waals surface area contributed by atoms with Crippen LogP contribution in [0.15, 0.2) is 42.5 Å². The minimum Gasteiger partial charge on any atom is -0.343 e. The summed E-state index contributed by atoms with van der Waals surface area (Å²) in [5.74, 6) is -0.179. The molecule has 1 fully saturated rings. The normalized spacial score (nSPS) is 18.0. The zero-order valence-corrected chi connectivity index (χ0v) is 13.8. The minimum absolute atomic E-state index is 0.0249. The standard InChI is InChI=1S/C19H22N2O2/c1-13(2)20(3)19(23)15-11-18(22)21(12-15)17-10-6-8-14-7-4-5-9-16(14)17/h4-10,13,15H,11-12H2,1-3H3. The predicted molar refractivity (Wildman–Crippen MR) is 92.3 cm³/mol. The van der Waals surface area contributed by atoms with Crippen LogP contribution >= 0.6 is 0 Å². The summed E-state index contributed by atoms with van der Waals surface area (Å²) >= 11 is 0. The molecule has 2 aromatic carbocycles. The van der Waals surface area contributed by atoms with Crippen molar-refractivity contribution in [3.8, 4) is 0 Å². The van der Waals surface area contributed by atoms with Crippen molar-refractivity contribution in [1.29, 1.82) is 0 Å². The van der Waals surface area contributed by atoms with Crippen molar-refractivity contribution >= 4 is 28.3 Å². The third-order valence-corrected chi connectivity index (χ3v) is 4.65. The monoisotopic (exact) mass is 310 g/mol. The Kier molecular flexibility index (Phi) is 4.07. The van der Waals surface area contributed by atoms with Gasteiger partial charge in [0, 0.05) is 31.4 Å². The van der Waals surface area contributed by atoms with E-state index in [0.717, 1.165) is 16.5 Å². The SMILES string of the molecule is CC(C)N(C)C(=O)C1CC(=O)N(c2cccc3ccccc23)C1. The lowest BCUT2D eigenvalue weighted by Crippen LogP contribution is -2.38. The fraction of sp³-hybridized carbons (Fsp3) is 0.368. The highest BCUT2D eigenvalue weighted by molar-refractivity contribution is 6.06. The molecule has 0 aromatic heterocycles. The molecule has 3 rings (SSSR count). The average molecular weight is 310 g/mol. The highest BCUT2D eigenvalue weighted by Crippen LogP contribution is 2.32. The van der Waals surface area contributed by atoms with Gasteiger partial charge >= 0.3 is 0 Å². The Balaban J connectivity index is 1.90. The second kappa shape index (κ2) is 6.03. The average Bonchev–Trinajstić information content (AvgIpc) is 2.94. The molecule has 1 unspecified atom stereocenters. The fourth-order valence-corrected chi connectivity index (χ4v) is 3.09. The van der Waals surface area contributed by atoms with Gasteiger partial charge in [-0.25, -0.2) is 0 Å². The second-order valence-electron chi connectivity index (χ2n) is 6.45. The van der Waals surface area contributed by atoms with Gasteiger partial charge in [0.2, 0.25) is 11.8 Å². The number of benzene rings is 2. The number of hydrogen-bond donors (Lipinski definition) is 0. The smallest absolute Gasteiger partial charge is 0.227 e. The molecule has 0 radical (unpaired) electrons. The van der Waals surface area contributed by atoms with E-state index in [0.29, 0.717) is 13.0 Å². The lowest BCUT2D eigenvalue weighted by atomic mass is 10.1. The number of anilines is 1. The maximum absolute atomic E-state index is 12.5. The molecule has 1 aliphatic heterocycles.